The molecular formula is C16H22N4O2. The number of aliphatic hydroxyl groups is 1. The highest BCUT2D eigenvalue weighted by Gasteiger charge is 2.21. The van der Waals surface area contributed by atoms with E-state index in [1.165, 1.54) is 0 Å². The van der Waals surface area contributed by atoms with Crippen LogP contribution in [0.25, 0.3) is 5.69 Å². The summed E-state index contributed by atoms with van der Waals surface area (Å²) in [6, 6.07) is 5.31. The number of amides is 1. The van der Waals surface area contributed by atoms with Crippen molar-refractivity contribution < 1.29 is 9.90 Å². The van der Waals surface area contributed by atoms with E-state index in [9.17, 15) is 9.90 Å². The normalized spacial score (nSPS) is 12.9. The minimum Gasteiger partial charge on any atom is -0.393 e. The SMILES string of the molecule is CC(O)CC(C)(C)CNC(=O)c1cc(-n2cccn2)ccn1. The lowest BCUT2D eigenvalue weighted by Gasteiger charge is -2.26. The average Bonchev–Trinajstić information content (AvgIpc) is 2.98. The summed E-state index contributed by atoms with van der Waals surface area (Å²) in [6.45, 7) is 6.24. The Balaban J connectivity index is 2.03. The molecule has 2 N–H and O–H groups in total. The van der Waals surface area contributed by atoms with Gasteiger partial charge in [0.15, 0.2) is 0 Å². The third kappa shape index (κ3) is 4.39. The summed E-state index contributed by atoms with van der Waals surface area (Å²) in [5.41, 5.74) is 0.956. The monoisotopic (exact) mass is 302 g/mol. The third-order valence-electron chi connectivity index (χ3n) is 3.32. The van der Waals surface area contributed by atoms with Crippen molar-refractivity contribution in [3.63, 3.8) is 0 Å². The maximum atomic E-state index is 12.2. The van der Waals surface area contributed by atoms with Gasteiger partial charge in [-0.25, -0.2) is 4.68 Å². The second-order valence-electron chi connectivity index (χ2n) is 6.25. The lowest BCUT2D eigenvalue weighted by molar-refractivity contribution is 0.0897. The van der Waals surface area contributed by atoms with Gasteiger partial charge in [-0.15, -0.1) is 0 Å². The Labute approximate surface area is 130 Å². The molecule has 2 aromatic rings. The summed E-state index contributed by atoms with van der Waals surface area (Å²) in [5.74, 6) is -0.229. The van der Waals surface area contributed by atoms with Crippen LogP contribution in [-0.4, -0.2) is 38.4 Å². The number of aromatic nitrogens is 3. The van der Waals surface area contributed by atoms with Gasteiger partial charge in [-0.1, -0.05) is 13.8 Å². The van der Waals surface area contributed by atoms with Crippen LogP contribution in [0.5, 0.6) is 0 Å². The average molecular weight is 302 g/mol. The number of pyridine rings is 1. The molecule has 0 aliphatic carbocycles. The molecule has 2 rings (SSSR count). The van der Waals surface area contributed by atoms with E-state index in [0.717, 1.165) is 5.69 Å². The molecule has 22 heavy (non-hydrogen) atoms. The molecule has 0 aliphatic rings. The van der Waals surface area contributed by atoms with Gasteiger partial charge in [0, 0.05) is 25.1 Å². The molecule has 1 atom stereocenters. The third-order valence-corrected chi connectivity index (χ3v) is 3.32. The Bertz CT molecular complexity index is 621. The summed E-state index contributed by atoms with van der Waals surface area (Å²) >= 11 is 0. The number of aliphatic hydroxyl groups excluding tert-OH is 1. The van der Waals surface area contributed by atoms with Gasteiger partial charge in [0.1, 0.15) is 5.69 Å². The Morgan fingerprint density at radius 2 is 2.23 bits per heavy atom. The van der Waals surface area contributed by atoms with Gasteiger partial charge in [0.05, 0.1) is 11.8 Å². The predicted octanol–water partition coefficient (Wildman–Crippen LogP) is 1.79. The van der Waals surface area contributed by atoms with Crippen molar-refractivity contribution in [2.75, 3.05) is 6.54 Å². The van der Waals surface area contributed by atoms with E-state index >= 15 is 0 Å². The molecule has 1 unspecified atom stereocenters. The summed E-state index contributed by atoms with van der Waals surface area (Å²) in [6.07, 6.45) is 5.30. The molecule has 0 fully saturated rings. The van der Waals surface area contributed by atoms with Gasteiger partial charge in [-0.2, -0.15) is 5.10 Å². The van der Waals surface area contributed by atoms with Crippen LogP contribution in [0.4, 0.5) is 0 Å². The van der Waals surface area contributed by atoms with Crippen LogP contribution >= 0.6 is 0 Å². The summed E-state index contributed by atoms with van der Waals surface area (Å²) in [7, 11) is 0. The molecular weight excluding hydrogens is 280 g/mol. The molecule has 0 spiro atoms. The minimum absolute atomic E-state index is 0.177. The van der Waals surface area contributed by atoms with Crippen molar-refractivity contribution in [1.29, 1.82) is 0 Å². The largest absolute Gasteiger partial charge is 0.393 e. The molecule has 118 valence electrons. The van der Waals surface area contributed by atoms with Crippen LogP contribution in [0.3, 0.4) is 0 Å². The topological polar surface area (TPSA) is 80.0 Å². The molecule has 0 aliphatic heterocycles. The van der Waals surface area contributed by atoms with E-state index in [0.29, 0.717) is 18.7 Å². The zero-order valence-corrected chi connectivity index (χ0v) is 13.2. The summed E-state index contributed by atoms with van der Waals surface area (Å²) in [4.78, 5) is 16.3. The Morgan fingerprint density at radius 1 is 1.45 bits per heavy atom. The maximum Gasteiger partial charge on any atom is 0.269 e. The Morgan fingerprint density at radius 3 is 2.86 bits per heavy atom. The van der Waals surface area contributed by atoms with Crippen LogP contribution in [0.15, 0.2) is 36.8 Å². The second-order valence-corrected chi connectivity index (χ2v) is 6.25. The Kier molecular flexibility index (Phi) is 4.92. The smallest absolute Gasteiger partial charge is 0.269 e. The van der Waals surface area contributed by atoms with E-state index < -0.39 is 6.10 Å². The molecule has 2 aromatic heterocycles. The first-order valence-electron chi connectivity index (χ1n) is 7.30. The van der Waals surface area contributed by atoms with Crippen molar-refractivity contribution in [2.45, 2.75) is 33.3 Å². The van der Waals surface area contributed by atoms with Crippen molar-refractivity contribution in [3.8, 4) is 5.69 Å². The number of carbonyl (C=O) groups is 1. The van der Waals surface area contributed by atoms with Crippen LogP contribution in [0.1, 0.15) is 37.7 Å². The van der Waals surface area contributed by atoms with Crippen molar-refractivity contribution in [3.05, 3.63) is 42.5 Å². The first-order chi connectivity index (χ1) is 10.4. The lowest BCUT2D eigenvalue weighted by atomic mass is 9.87. The molecule has 0 aromatic carbocycles. The van der Waals surface area contributed by atoms with Crippen LogP contribution in [0, 0.1) is 5.41 Å². The summed E-state index contributed by atoms with van der Waals surface area (Å²) in [5, 5.41) is 16.5. The van der Waals surface area contributed by atoms with Gasteiger partial charge in [-0.05, 0) is 37.0 Å². The fraction of sp³-hybridized carbons (Fsp3) is 0.438. The Hall–Kier alpha value is -2.21. The molecule has 0 saturated heterocycles. The fourth-order valence-electron chi connectivity index (χ4n) is 2.39. The number of nitrogens with one attached hydrogen (secondary N) is 1. The minimum atomic E-state index is -0.395. The van der Waals surface area contributed by atoms with Crippen molar-refractivity contribution in [2.24, 2.45) is 5.41 Å². The van der Waals surface area contributed by atoms with Crippen molar-refractivity contribution in [1.82, 2.24) is 20.1 Å². The van der Waals surface area contributed by atoms with Gasteiger partial charge >= 0.3 is 0 Å². The molecule has 6 nitrogen and oxygen atoms in total. The van der Waals surface area contributed by atoms with Gasteiger partial charge in [-0.3, -0.25) is 9.78 Å². The molecule has 1 amide bonds. The van der Waals surface area contributed by atoms with Crippen LogP contribution in [-0.2, 0) is 0 Å². The fourth-order valence-corrected chi connectivity index (χ4v) is 2.39. The zero-order valence-electron chi connectivity index (χ0n) is 13.2. The highest BCUT2D eigenvalue weighted by molar-refractivity contribution is 5.92. The van der Waals surface area contributed by atoms with E-state index in [1.807, 2.05) is 26.1 Å². The van der Waals surface area contributed by atoms with E-state index in [2.05, 4.69) is 15.4 Å². The number of hydrogen-bond acceptors (Lipinski definition) is 4. The van der Waals surface area contributed by atoms with Gasteiger partial charge in [0.25, 0.3) is 5.91 Å². The van der Waals surface area contributed by atoms with Gasteiger partial charge < -0.3 is 10.4 Å². The lowest BCUT2D eigenvalue weighted by Crippen LogP contribution is -2.36. The summed E-state index contributed by atoms with van der Waals surface area (Å²) < 4.78 is 1.68. The standard InChI is InChI=1S/C16H22N4O2/c1-12(21)10-16(2,3)11-18-15(22)14-9-13(5-7-17-14)20-8-4-6-19-20/h4-9,12,21H,10-11H2,1-3H3,(H,18,22). The van der Waals surface area contributed by atoms with E-state index in [4.69, 9.17) is 0 Å². The van der Waals surface area contributed by atoms with Gasteiger partial charge in [0.2, 0.25) is 0 Å². The first-order valence-corrected chi connectivity index (χ1v) is 7.30. The van der Waals surface area contributed by atoms with Crippen LogP contribution < -0.4 is 5.32 Å². The molecule has 6 heteroatoms. The number of rotatable bonds is 6. The van der Waals surface area contributed by atoms with E-state index in [-0.39, 0.29) is 11.3 Å². The number of nitrogens with zero attached hydrogens (tertiary/aromatic N) is 3. The molecule has 2 heterocycles. The zero-order chi connectivity index (χ0) is 16.2. The maximum absolute atomic E-state index is 12.2. The molecule has 0 radical (unpaired) electrons. The number of hydrogen-bond donors (Lipinski definition) is 2. The molecule has 0 saturated carbocycles. The molecule has 0 bridgehead atoms. The highest BCUT2D eigenvalue weighted by atomic mass is 16.3. The van der Waals surface area contributed by atoms with Crippen LogP contribution in [0.2, 0.25) is 0 Å². The predicted molar refractivity (Wildman–Crippen MR) is 83.8 cm³/mol. The van der Waals surface area contributed by atoms with Crippen molar-refractivity contribution >= 4 is 5.91 Å². The quantitative estimate of drug-likeness (QED) is 0.852. The first kappa shape index (κ1) is 16.2. The van der Waals surface area contributed by atoms with E-state index in [1.54, 1.807) is 36.1 Å². The number of carbonyl (C=O) groups excluding carboxylic acids is 1. The second kappa shape index (κ2) is 6.70. The highest BCUT2D eigenvalue weighted by Crippen LogP contribution is 2.21.